The molecule has 0 heterocycles. The maximum Gasteiger partial charge on any atom is 0.461 e. The van der Waals surface area contributed by atoms with Gasteiger partial charge in [0.15, 0.2) is 0 Å². The predicted octanol–water partition coefficient (Wildman–Crippen LogP) is 1.72. The molecule has 0 unspecified atom stereocenters. The predicted molar refractivity (Wildman–Crippen MR) is 43.4 cm³/mol. The zero-order valence-corrected chi connectivity index (χ0v) is 8.27. The Balaban J connectivity index is 5.30. The molecule has 0 aromatic heterocycles. The van der Waals surface area contributed by atoms with E-state index in [4.69, 9.17) is 5.26 Å². The third-order valence-electron chi connectivity index (χ3n) is 1.39. The Kier molecular flexibility index (Phi) is 4.01. The maximum absolute atomic E-state index is 12.5. The van der Waals surface area contributed by atoms with Crippen molar-refractivity contribution in [3.05, 3.63) is 11.8 Å². The molecule has 0 fully saturated rings. The van der Waals surface area contributed by atoms with Gasteiger partial charge in [-0.2, -0.15) is 27.2 Å². The second kappa shape index (κ2) is 4.47. The number of rotatable bonds is 3. The van der Waals surface area contributed by atoms with Crippen molar-refractivity contribution < 1.29 is 26.7 Å². The molecule has 8 heteroatoms. The van der Waals surface area contributed by atoms with Gasteiger partial charge in [0.2, 0.25) is 0 Å². The number of carbonyl (C=O) groups is 1. The van der Waals surface area contributed by atoms with Gasteiger partial charge < -0.3 is 4.90 Å². The first kappa shape index (κ1) is 14.3. The monoisotopic (exact) mass is 242 g/mol. The Bertz CT molecular complexity index is 350. The third kappa shape index (κ3) is 2.92. The summed E-state index contributed by atoms with van der Waals surface area (Å²) in [6, 6.07) is 1.00. The lowest BCUT2D eigenvalue weighted by Gasteiger charge is -2.18. The van der Waals surface area contributed by atoms with Crippen molar-refractivity contribution in [2.45, 2.75) is 12.1 Å². The number of ketones is 1. The van der Waals surface area contributed by atoms with E-state index in [2.05, 4.69) is 0 Å². The Morgan fingerprint density at radius 1 is 1.25 bits per heavy atom. The molecule has 0 atom stereocenters. The van der Waals surface area contributed by atoms with Crippen LogP contribution in [-0.2, 0) is 4.79 Å². The number of nitriles is 1. The number of halogens is 5. The highest BCUT2D eigenvalue weighted by molar-refractivity contribution is 6.04. The smallest absolute Gasteiger partial charge is 0.382 e. The van der Waals surface area contributed by atoms with Gasteiger partial charge in [-0.3, -0.25) is 4.79 Å². The number of alkyl halides is 5. The van der Waals surface area contributed by atoms with E-state index >= 15 is 0 Å². The third-order valence-corrected chi connectivity index (χ3v) is 1.39. The lowest BCUT2D eigenvalue weighted by Crippen LogP contribution is -2.44. The van der Waals surface area contributed by atoms with Crippen LogP contribution in [0.25, 0.3) is 0 Å². The molecule has 90 valence electrons. The molecule has 0 aromatic carbocycles. The maximum atomic E-state index is 12.5. The van der Waals surface area contributed by atoms with E-state index in [1.807, 2.05) is 0 Å². The molecule has 0 amide bonds. The minimum Gasteiger partial charge on any atom is -0.382 e. The van der Waals surface area contributed by atoms with E-state index in [1.54, 1.807) is 0 Å². The lowest BCUT2D eigenvalue weighted by molar-refractivity contribution is -0.266. The van der Waals surface area contributed by atoms with E-state index in [0.717, 1.165) is 11.0 Å². The van der Waals surface area contributed by atoms with Gasteiger partial charge in [0.25, 0.3) is 5.78 Å². The molecule has 16 heavy (non-hydrogen) atoms. The van der Waals surface area contributed by atoms with Crippen LogP contribution in [0.3, 0.4) is 0 Å². The van der Waals surface area contributed by atoms with Crippen molar-refractivity contribution in [2.75, 3.05) is 14.1 Å². The van der Waals surface area contributed by atoms with Crippen LogP contribution in [-0.4, -0.2) is 36.9 Å². The zero-order chi connectivity index (χ0) is 13.1. The van der Waals surface area contributed by atoms with Crippen LogP contribution in [0, 0.1) is 11.3 Å². The molecule has 0 radical (unpaired) electrons. The van der Waals surface area contributed by atoms with Crippen LogP contribution in [0.1, 0.15) is 0 Å². The molecule has 0 saturated heterocycles. The molecule has 0 aliphatic rings. The minimum absolute atomic E-state index is 0.599. The van der Waals surface area contributed by atoms with Crippen molar-refractivity contribution in [1.82, 2.24) is 4.90 Å². The minimum atomic E-state index is -6.01. The van der Waals surface area contributed by atoms with Gasteiger partial charge in [-0.1, -0.05) is 0 Å². The van der Waals surface area contributed by atoms with E-state index in [9.17, 15) is 26.7 Å². The highest BCUT2D eigenvalue weighted by Crippen LogP contribution is 2.37. The molecule has 0 aromatic rings. The molecule has 0 spiro atoms. The molecule has 0 saturated carbocycles. The largest absolute Gasteiger partial charge is 0.461 e. The first-order chi connectivity index (χ1) is 7.04. The van der Waals surface area contributed by atoms with E-state index in [1.165, 1.54) is 14.1 Å². The van der Waals surface area contributed by atoms with Gasteiger partial charge in [-0.15, -0.1) is 0 Å². The van der Waals surface area contributed by atoms with Crippen molar-refractivity contribution in [1.29, 1.82) is 5.26 Å². The summed E-state index contributed by atoms with van der Waals surface area (Å²) in [5.74, 6) is -8.11. The van der Waals surface area contributed by atoms with Crippen LogP contribution < -0.4 is 0 Å². The molecule has 0 aliphatic heterocycles. The summed E-state index contributed by atoms with van der Waals surface area (Å²) in [7, 11) is 2.55. The molecular formula is C8H7F5N2O. The number of Topliss-reactive ketones (excluding diaryl/α,β-unsaturated/α-hetero) is 1. The van der Waals surface area contributed by atoms with E-state index in [0.29, 0.717) is 6.20 Å². The quantitative estimate of drug-likeness (QED) is 0.430. The normalized spacial score (nSPS) is 13.2. The average Bonchev–Trinajstić information content (AvgIpc) is 2.10. The van der Waals surface area contributed by atoms with Crippen LogP contribution in [0.5, 0.6) is 0 Å². The number of hydrogen-bond acceptors (Lipinski definition) is 3. The van der Waals surface area contributed by atoms with Gasteiger partial charge in [-0.25, -0.2) is 0 Å². The first-order valence-electron chi connectivity index (χ1n) is 3.81. The fraction of sp³-hybridized carbons (Fsp3) is 0.500. The molecule has 3 nitrogen and oxygen atoms in total. The number of hydrogen-bond donors (Lipinski definition) is 0. The van der Waals surface area contributed by atoms with Gasteiger partial charge >= 0.3 is 12.1 Å². The summed E-state index contributed by atoms with van der Waals surface area (Å²) < 4.78 is 60.4. The highest BCUT2D eigenvalue weighted by Gasteiger charge is 2.63. The summed E-state index contributed by atoms with van der Waals surface area (Å²) in [6.07, 6.45) is -5.41. The second-order valence-corrected chi connectivity index (χ2v) is 3.02. The van der Waals surface area contributed by atoms with Gasteiger partial charge in [0, 0.05) is 20.3 Å². The lowest BCUT2D eigenvalue weighted by atomic mass is 10.1. The molecular weight excluding hydrogens is 235 g/mol. The topological polar surface area (TPSA) is 44.1 Å². The Morgan fingerprint density at radius 3 is 1.94 bits per heavy atom. The molecule has 0 N–H and O–H groups in total. The Hall–Kier alpha value is -1.65. The van der Waals surface area contributed by atoms with Gasteiger partial charge in [-0.05, 0) is 0 Å². The first-order valence-corrected chi connectivity index (χ1v) is 3.81. The fourth-order valence-corrected chi connectivity index (χ4v) is 0.694. The van der Waals surface area contributed by atoms with Gasteiger partial charge in [0.05, 0.1) is 0 Å². The van der Waals surface area contributed by atoms with Gasteiger partial charge in [0.1, 0.15) is 11.6 Å². The fourth-order valence-electron chi connectivity index (χ4n) is 0.694. The highest BCUT2D eigenvalue weighted by atomic mass is 19.4. The summed E-state index contributed by atoms with van der Waals surface area (Å²) in [6.45, 7) is 0. The van der Waals surface area contributed by atoms with Crippen molar-refractivity contribution >= 4 is 5.78 Å². The summed E-state index contributed by atoms with van der Waals surface area (Å²) >= 11 is 0. The molecule has 0 bridgehead atoms. The zero-order valence-electron chi connectivity index (χ0n) is 8.27. The average molecular weight is 242 g/mol. The van der Waals surface area contributed by atoms with Crippen molar-refractivity contribution in [3.63, 3.8) is 0 Å². The Labute approximate surface area is 87.7 Å². The van der Waals surface area contributed by atoms with E-state index < -0.39 is 23.5 Å². The van der Waals surface area contributed by atoms with Crippen molar-refractivity contribution in [2.24, 2.45) is 0 Å². The molecule has 0 rings (SSSR count). The number of nitrogens with zero attached hydrogens (tertiary/aromatic N) is 2. The van der Waals surface area contributed by atoms with E-state index in [-0.39, 0.29) is 0 Å². The summed E-state index contributed by atoms with van der Waals surface area (Å²) in [5.41, 5.74) is -1.26. The standard InChI is InChI=1S/C8H7F5N2O/c1-15(2)4-5(3-14)6(16)7(9,10)8(11,12)13/h4H,1-2H3/b5-4-. The number of carbonyl (C=O) groups excluding carboxylic acids is 1. The second-order valence-electron chi connectivity index (χ2n) is 3.02. The van der Waals surface area contributed by atoms with Crippen molar-refractivity contribution in [3.8, 4) is 6.07 Å². The Morgan fingerprint density at radius 2 is 1.69 bits per heavy atom. The summed E-state index contributed by atoms with van der Waals surface area (Å²) in [5, 5.41) is 8.31. The van der Waals surface area contributed by atoms with Crippen LogP contribution in [0.4, 0.5) is 22.0 Å². The summed E-state index contributed by atoms with van der Waals surface area (Å²) in [4.78, 5) is 11.8. The number of allylic oxidation sites excluding steroid dienone is 1. The van der Waals surface area contributed by atoms with Crippen LogP contribution in [0.2, 0.25) is 0 Å². The molecule has 0 aliphatic carbocycles. The van der Waals surface area contributed by atoms with Crippen LogP contribution >= 0.6 is 0 Å². The SMILES string of the molecule is CN(C)/C=C(/C#N)C(=O)C(F)(F)C(F)(F)F. The van der Waals surface area contributed by atoms with Crippen LogP contribution in [0.15, 0.2) is 11.8 Å².